The third-order valence-electron chi connectivity index (χ3n) is 3.52. The highest BCUT2D eigenvalue weighted by atomic mass is 32.1. The van der Waals surface area contributed by atoms with Crippen molar-refractivity contribution >= 4 is 17.3 Å². The molecule has 4 nitrogen and oxygen atoms in total. The number of likely N-dealkylation sites (N-methyl/N-ethyl adjacent to an activating group) is 1. The zero-order valence-electron chi connectivity index (χ0n) is 11.9. The van der Waals surface area contributed by atoms with E-state index in [2.05, 4.69) is 51.3 Å². The number of hydrogen-bond acceptors (Lipinski definition) is 3. The maximum absolute atomic E-state index is 4.62. The molecule has 0 bridgehead atoms. The molecule has 106 valence electrons. The molecular formula is C14H24N4S. The second-order valence-corrected chi connectivity index (χ2v) is 5.76. The minimum Gasteiger partial charge on any atom is -0.357 e. The van der Waals surface area contributed by atoms with E-state index in [1.165, 1.54) is 24.9 Å². The minimum absolute atomic E-state index is 0.644. The molecule has 0 radical (unpaired) electrons. The fourth-order valence-electron chi connectivity index (χ4n) is 2.35. The molecule has 19 heavy (non-hydrogen) atoms. The zero-order chi connectivity index (χ0) is 13.5. The Morgan fingerprint density at radius 3 is 3.05 bits per heavy atom. The Bertz CT molecular complexity index is 388. The van der Waals surface area contributed by atoms with Gasteiger partial charge in [0.2, 0.25) is 0 Å². The maximum Gasteiger partial charge on any atom is 0.191 e. The summed E-state index contributed by atoms with van der Waals surface area (Å²) in [4.78, 5) is 7.05. The number of nitrogens with zero attached hydrogens (tertiary/aromatic N) is 2. The largest absolute Gasteiger partial charge is 0.357 e. The molecule has 2 N–H and O–H groups in total. The quantitative estimate of drug-likeness (QED) is 0.639. The van der Waals surface area contributed by atoms with Gasteiger partial charge in [-0.05, 0) is 55.7 Å². The Balaban J connectivity index is 1.83. The van der Waals surface area contributed by atoms with Crippen molar-refractivity contribution in [1.29, 1.82) is 0 Å². The van der Waals surface area contributed by atoms with Crippen LogP contribution in [0.3, 0.4) is 0 Å². The second kappa shape index (κ2) is 7.50. The van der Waals surface area contributed by atoms with Crippen molar-refractivity contribution in [3.8, 4) is 0 Å². The first kappa shape index (κ1) is 14.3. The second-order valence-electron chi connectivity index (χ2n) is 4.98. The third kappa shape index (κ3) is 4.51. The molecule has 0 amide bonds. The summed E-state index contributed by atoms with van der Waals surface area (Å²) in [5.74, 6) is 0.925. The van der Waals surface area contributed by atoms with Gasteiger partial charge in [-0.15, -0.1) is 0 Å². The molecular weight excluding hydrogens is 256 g/mol. The van der Waals surface area contributed by atoms with Crippen molar-refractivity contribution in [2.24, 2.45) is 4.99 Å². The van der Waals surface area contributed by atoms with Crippen LogP contribution in [0.25, 0.3) is 0 Å². The van der Waals surface area contributed by atoms with E-state index in [9.17, 15) is 0 Å². The molecule has 2 heterocycles. The van der Waals surface area contributed by atoms with Gasteiger partial charge in [-0.25, -0.2) is 4.99 Å². The van der Waals surface area contributed by atoms with Crippen molar-refractivity contribution in [2.45, 2.75) is 32.4 Å². The van der Waals surface area contributed by atoms with Crippen LogP contribution < -0.4 is 10.6 Å². The number of hydrogen-bond donors (Lipinski definition) is 2. The fraction of sp³-hybridized carbons (Fsp3) is 0.643. The molecule has 5 heteroatoms. The van der Waals surface area contributed by atoms with E-state index in [4.69, 9.17) is 0 Å². The van der Waals surface area contributed by atoms with Crippen molar-refractivity contribution in [3.63, 3.8) is 0 Å². The monoisotopic (exact) mass is 280 g/mol. The van der Waals surface area contributed by atoms with Crippen molar-refractivity contribution in [1.82, 2.24) is 15.5 Å². The average molecular weight is 280 g/mol. The number of guanidine groups is 1. The highest BCUT2D eigenvalue weighted by molar-refractivity contribution is 7.07. The maximum atomic E-state index is 4.62. The SMILES string of the molecule is CCNC(=NCc1ccsc1)NCC1CCCN1C. The summed E-state index contributed by atoms with van der Waals surface area (Å²) in [6.07, 6.45) is 2.60. The lowest BCUT2D eigenvalue weighted by Gasteiger charge is -2.21. The molecule has 1 saturated heterocycles. The van der Waals surface area contributed by atoms with E-state index in [1.54, 1.807) is 11.3 Å². The molecule has 0 spiro atoms. The average Bonchev–Trinajstić information content (AvgIpc) is 3.04. The van der Waals surface area contributed by atoms with Crippen LogP contribution in [-0.2, 0) is 6.54 Å². The standard InChI is InChI=1S/C14H24N4S/c1-3-15-14(16-9-12-6-8-19-11-12)17-10-13-5-4-7-18(13)2/h6,8,11,13H,3-5,7,9-10H2,1-2H3,(H2,15,16,17). The lowest BCUT2D eigenvalue weighted by molar-refractivity contribution is 0.309. The van der Waals surface area contributed by atoms with E-state index in [1.807, 2.05) is 0 Å². The van der Waals surface area contributed by atoms with E-state index < -0.39 is 0 Å². The molecule has 1 aliphatic rings. The van der Waals surface area contributed by atoms with Gasteiger partial charge in [0.25, 0.3) is 0 Å². The number of likely N-dealkylation sites (tertiary alicyclic amines) is 1. The van der Waals surface area contributed by atoms with Crippen LogP contribution in [0, 0.1) is 0 Å². The first-order valence-corrected chi connectivity index (χ1v) is 7.97. The van der Waals surface area contributed by atoms with E-state index >= 15 is 0 Å². The Morgan fingerprint density at radius 1 is 1.53 bits per heavy atom. The molecule has 1 atom stereocenters. The summed E-state index contributed by atoms with van der Waals surface area (Å²) in [6, 6.07) is 2.77. The molecule has 2 rings (SSSR count). The van der Waals surface area contributed by atoms with Crippen LogP contribution in [0.15, 0.2) is 21.8 Å². The number of thiophene rings is 1. The first-order valence-electron chi connectivity index (χ1n) is 7.03. The first-order chi connectivity index (χ1) is 9.29. The summed E-state index contributed by atoms with van der Waals surface area (Å²) in [7, 11) is 2.20. The summed E-state index contributed by atoms with van der Waals surface area (Å²) in [5, 5.41) is 11.0. The van der Waals surface area contributed by atoms with E-state index in [0.717, 1.165) is 25.6 Å². The summed E-state index contributed by atoms with van der Waals surface area (Å²) in [5.41, 5.74) is 1.28. The van der Waals surface area contributed by atoms with Crippen LogP contribution in [0.4, 0.5) is 0 Å². The lowest BCUT2D eigenvalue weighted by atomic mass is 10.2. The van der Waals surface area contributed by atoms with Crippen molar-refractivity contribution < 1.29 is 0 Å². The molecule has 1 aliphatic heterocycles. The fourth-order valence-corrected chi connectivity index (χ4v) is 3.01. The highest BCUT2D eigenvalue weighted by Crippen LogP contribution is 2.13. The number of aliphatic imine (C=N–C) groups is 1. The normalized spacial score (nSPS) is 20.7. The van der Waals surface area contributed by atoms with Crippen LogP contribution in [0.2, 0.25) is 0 Å². The van der Waals surface area contributed by atoms with E-state index in [0.29, 0.717) is 6.04 Å². The predicted octanol–water partition coefficient (Wildman–Crippen LogP) is 1.90. The third-order valence-corrected chi connectivity index (χ3v) is 4.25. The van der Waals surface area contributed by atoms with Gasteiger partial charge < -0.3 is 15.5 Å². The van der Waals surface area contributed by atoms with Crippen LogP contribution in [0.1, 0.15) is 25.3 Å². The minimum atomic E-state index is 0.644. The van der Waals surface area contributed by atoms with Gasteiger partial charge in [0.05, 0.1) is 6.54 Å². The van der Waals surface area contributed by atoms with Gasteiger partial charge in [0.1, 0.15) is 0 Å². The molecule has 0 saturated carbocycles. The zero-order valence-corrected chi connectivity index (χ0v) is 12.7. The topological polar surface area (TPSA) is 39.7 Å². The van der Waals surface area contributed by atoms with Crippen LogP contribution >= 0.6 is 11.3 Å². The molecule has 1 aromatic rings. The van der Waals surface area contributed by atoms with Crippen LogP contribution in [0.5, 0.6) is 0 Å². The van der Waals surface area contributed by atoms with Gasteiger partial charge in [0, 0.05) is 19.1 Å². The molecule has 0 aromatic carbocycles. The van der Waals surface area contributed by atoms with Gasteiger partial charge in [0.15, 0.2) is 5.96 Å². The number of nitrogens with one attached hydrogen (secondary N) is 2. The van der Waals surface area contributed by atoms with Crippen molar-refractivity contribution in [3.05, 3.63) is 22.4 Å². The van der Waals surface area contributed by atoms with Gasteiger partial charge >= 0.3 is 0 Å². The summed E-state index contributed by atoms with van der Waals surface area (Å²) in [6.45, 7) is 5.94. The van der Waals surface area contributed by atoms with E-state index in [-0.39, 0.29) is 0 Å². The Labute approximate surface area is 119 Å². The molecule has 1 unspecified atom stereocenters. The van der Waals surface area contributed by atoms with Gasteiger partial charge in [-0.1, -0.05) is 0 Å². The van der Waals surface area contributed by atoms with Gasteiger partial charge in [-0.3, -0.25) is 0 Å². The molecule has 1 aromatic heterocycles. The Hall–Kier alpha value is -1.07. The predicted molar refractivity (Wildman–Crippen MR) is 82.8 cm³/mol. The number of rotatable bonds is 5. The lowest BCUT2D eigenvalue weighted by Crippen LogP contribution is -2.43. The summed E-state index contributed by atoms with van der Waals surface area (Å²) >= 11 is 1.72. The van der Waals surface area contributed by atoms with Crippen LogP contribution in [-0.4, -0.2) is 43.6 Å². The summed E-state index contributed by atoms with van der Waals surface area (Å²) < 4.78 is 0. The van der Waals surface area contributed by atoms with Crippen molar-refractivity contribution in [2.75, 3.05) is 26.7 Å². The molecule has 1 fully saturated rings. The Morgan fingerprint density at radius 2 is 2.42 bits per heavy atom. The Kier molecular flexibility index (Phi) is 5.66. The molecule has 0 aliphatic carbocycles. The smallest absolute Gasteiger partial charge is 0.191 e. The van der Waals surface area contributed by atoms with Gasteiger partial charge in [-0.2, -0.15) is 11.3 Å². The highest BCUT2D eigenvalue weighted by Gasteiger charge is 2.20.